The Bertz CT molecular complexity index is 509. The zero-order valence-electron chi connectivity index (χ0n) is 13.2. The van der Waals surface area contributed by atoms with E-state index in [9.17, 15) is 4.79 Å². The topological polar surface area (TPSA) is 54.0 Å². The van der Waals surface area contributed by atoms with E-state index in [2.05, 4.69) is 4.74 Å². The lowest BCUT2D eigenvalue weighted by atomic mass is 10.2. The van der Waals surface area contributed by atoms with Gasteiger partial charge in [0.15, 0.2) is 5.79 Å². The minimum absolute atomic E-state index is 0.264. The number of esters is 1. The third kappa shape index (κ3) is 4.94. The summed E-state index contributed by atoms with van der Waals surface area (Å²) in [5, 5.41) is 0. The van der Waals surface area contributed by atoms with Gasteiger partial charge in [0, 0.05) is 6.08 Å². The highest BCUT2D eigenvalue weighted by Crippen LogP contribution is 2.29. The highest BCUT2D eigenvalue weighted by molar-refractivity contribution is 5.81. The van der Waals surface area contributed by atoms with Gasteiger partial charge in [-0.25, -0.2) is 4.79 Å². The molecule has 0 saturated carbocycles. The summed E-state index contributed by atoms with van der Waals surface area (Å²) in [7, 11) is 1.34. The lowest BCUT2D eigenvalue weighted by Crippen LogP contribution is -2.26. The fraction of sp³-hybridized carbons (Fsp3) is 0.471. The molecule has 1 saturated heterocycles. The van der Waals surface area contributed by atoms with Gasteiger partial charge in [0.05, 0.1) is 20.3 Å². The van der Waals surface area contributed by atoms with Crippen molar-refractivity contribution in [2.24, 2.45) is 0 Å². The van der Waals surface area contributed by atoms with Crippen molar-refractivity contribution in [3.63, 3.8) is 0 Å². The van der Waals surface area contributed by atoms with E-state index in [0.717, 1.165) is 5.56 Å². The molecule has 0 aromatic heterocycles. The molecule has 0 aliphatic carbocycles. The molecular formula is C17H22O5. The number of rotatable bonds is 6. The molecule has 0 spiro atoms. The summed E-state index contributed by atoms with van der Waals surface area (Å²) in [6, 6.07) is 9.92. The molecule has 1 aliphatic heterocycles. The number of ether oxygens (including phenoxy) is 4. The summed E-state index contributed by atoms with van der Waals surface area (Å²) in [6.45, 7) is 4.56. The van der Waals surface area contributed by atoms with E-state index >= 15 is 0 Å². The van der Waals surface area contributed by atoms with Gasteiger partial charge in [-0.15, -0.1) is 0 Å². The van der Waals surface area contributed by atoms with Crippen LogP contribution in [0.25, 0.3) is 0 Å². The second-order valence-corrected chi connectivity index (χ2v) is 5.52. The third-order valence-electron chi connectivity index (χ3n) is 3.24. The fourth-order valence-electron chi connectivity index (χ4n) is 2.26. The van der Waals surface area contributed by atoms with Gasteiger partial charge >= 0.3 is 5.97 Å². The molecule has 5 heteroatoms. The molecule has 1 aromatic carbocycles. The maximum atomic E-state index is 11.2. The fourth-order valence-corrected chi connectivity index (χ4v) is 2.26. The van der Waals surface area contributed by atoms with Gasteiger partial charge in [0.25, 0.3) is 0 Å². The van der Waals surface area contributed by atoms with Crippen molar-refractivity contribution in [2.45, 2.75) is 38.4 Å². The second kappa shape index (κ2) is 7.54. The quantitative estimate of drug-likeness (QED) is 0.597. The molecule has 0 N–H and O–H groups in total. The van der Waals surface area contributed by atoms with E-state index in [1.54, 1.807) is 6.08 Å². The molecule has 0 unspecified atom stereocenters. The molecule has 0 amide bonds. The first-order valence-electron chi connectivity index (χ1n) is 7.23. The van der Waals surface area contributed by atoms with Gasteiger partial charge in [0.1, 0.15) is 12.2 Å². The Balaban J connectivity index is 1.89. The van der Waals surface area contributed by atoms with E-state index < -0.39 is 11.8 Å². The lowest BCUT2D eigenvalue weighted by Gasteiger charge is -2.16. The Morgan fingerprint density at radius 2 is 2.00 bits per heavy atom. The average Bonchev–Trinajstić information content (AvgIpc) is 2.80. The summed E-state index contributed by atoms with van der Waals surface area (Å²) >= 11 is 0. The van der Waals surface area contributed by atoms with Crippen LogP contribution >= 0.6 is 0 Å². The van der Waals surface area contributed by atoms with Crippen LogP contribution in [0.4, 0.5) is 0 Å². The highest BCUT2D eigenvalue weighted by atomic mass is 16.8. The summed E-state index contributed by atoms with van der Waals surface area (Å²) in [5.74, 6) is -1.12. The molecule has 1 aliphatic rings. The van der Waals surface area contributed by atoms with Gasteiger partial charge in [-0.1, -0.05) is 30.3 Å². The molecule has 1 heterocycles. The molecule has 0 bridgehead atoms. The monoisotopic (exact) mass is 306 g/mol. The van der Waals surface area contributed by atoms with Gasteiger partial charge in [-0.05, 0) is 25.5 Å². The van der Waals surface area contributed by atoms with Crippen molar-refractivity contribution in [1.29, 1.82) is 0 Å². The summed E-state index contributed by atoms with van der Waals surface area (Å²) in [6.07, 6.45) is 2.39. The number of hydrogen-bond acceptors (Lipinski definition) is 5. The zero-order valence-corrected chi connectivity index (χ0v) is 13.2. The van der Waals surface area contributed by atoms with Gasteiger partial charge in [-0.2, -0.15) is 0 Å². The van der Waals surface area contributed by atoms with Crippen molar-refractivity contribution in [1.82, 2.24) is 0 Å². The predicted molar refractivity (Wildman–Crippen MR) is 81.1 cm³/mol. The maximum absolute atomic E-state index is 11.2. The number of carbonyl (C=O) groups is 1. The summed E-state index contributed by atoms with van der Waals surface area (Å²) in [5.41, 5.74) is 1.10. The molecule has 2 rings (SSSR count). The number of hydrogen-bond donors (Lipinski definition) is 0. The van der Waals surface area contributed by atoms with Crippen LogP contribution in [0.5, 0.6) is 0 Å². The maximum Gasteiger partial charge on any atom is 0.330 e. The van der Waals surface area contributed by atoms with Gasteiger partial charge in [0.2, 0.25) is 0 Å². The Morgan fingerprint density at radius 3 is 2.68 bits per heavy atom. The van der Waals surface area contributed by atoms with Crippen LogP contribution in [0, 0.1) is 0 Å². The zero-order chi connectivity index (χ0) is 16.0. The van der Waals surface area contributed by atoms with Gasteiger partial charge in [-0.3, -0.25) is 0 Å². The molecule has 5 nitrogen and oxygen atoms in total. The van der Waals surface area contributed by atoms with Crippen LogP contribution in [-0.2, 0) is 30.3 Å². The summed E-state index contributed by atoms with van der Waals surface area (Å²) in [4.78, 5) is 11.2. The Hall–Kier alpha value is -1.69. The number of carbonyl (C=O) groups excluding carboxylic acids is 1. The van der Waals surface area contributed by atoms with Crippen LogP contribution in [0.15, 0.2) is 42.5 Å². The molecule has 1 aromatic rings. The van der Waals surface area contributed by atoms with Crippen LogP contribution in [0.3, 0.4) is 0 Å². The largest absolute Gasteiger partial charge is 0.466 e. The first-order chi connectivity index (χ1) is 10.5. The molecule has 22 heavy (non-hydrogen) atoms. The van der Waals surface area contributed by atoms with E-state index in [-0.39, 0.29) is 12.2 Å². The van der Waals surface area contributed by atoms with Crippen molar-refractivity contribution in [2.75, 3.05) is 13.7 Å². The van der Waals surface area contributed by atoms with E-state index in [4.69, 9.17) is 14.2 Å². The third-order valence-corrected chi connectivity index (χ3v) is 3.24. The molecule has 2 atom stereocenters. The number of methoxy groups -OCH3 is 1. The molecule has 120 valence electrons. The normalized spacial score (nSPS) is 23.8. The van der Waals surface area contributed by atoms with Crippen molar-refractivity contribution >= 4 is 5.97 Å². The van der Waals surface area contributed by atoms with Crippen LogP contribution in [0.1, 0.15) is 19.4 Å². The van der Waals surface area contributed by atoms with Crippen molar-refractivity contribution in [3.05, 3.63) is 48.0 Å². The predicted octanol–water partition coefficient (Wildman–Crippen LogP) is 2.45. The van der Waals surface area contributed by atoms with E-state index in [0.29, 0.717) is 13.2 Å². The molecule has 1 fully saturated rings. The van der Waals surface area contributed by atoms with Crippen molar-refractivity contribution < 1.29 is 23.7 Å². The lowest BCUT2D eigenvalue weighted by molar-refractivity contribution is -0.149. The van der Waals surface area contributed by atoms with Crippen LogP contribution < -0.4 is 0 Å². The smallest absolute Gasteiger partial charge is 0.330 e. The first kappa shape index (κ1) is 16.7. The van der Waals surface area contributed by atoms with Gasteiger partial charge < -0.3 is 18.9 Å². The summed E-state index contributed by atoms with van der Waals surface area (Å²) < 4.78 is 21.9. The minimum Gasteiger partial charge on any atom is -0.466 e. The van der Waals surface area contributed by atoms with Crippen molar-refractivity contribution in [3.8, 4) is 0 Å². The Kier molecular flexibility index (Phi) is 5.71. The van der Waals surface area contributed by atoms with E-state index in [1.165, 1.54) is 13.2 Å². The second-order valence-electron chi connectivity index (χ2n) is 5.52. The Morgan fingerprint density at radius 1 is 1.27 bits per heavy atom. The first-order valence-corrected chi connectivity index (χ1v) is 7.23. The van der Waals surface area contributed by atoms with Crippen LogP contribution in [-0.4, -0.2) is 37.7 Å². The average molecular weight is 306 g/mol. The highest BCUT2D eigenvalue weighted by Gasteiger charge is 2.40. The molecular weight excluding hydrogens is 284 g/mol. The SMILES string of the molecule is COC(=O)/C=C\[C@H]1OC(C)(C)O[C@H]1COCc1ccccc1. The Labute approximate surface area is 130 Å². The van der Waals surface area contributed by atoms with Crippen LogP contribution in [0.2, 0.25) is 0 Å². The standard InChI is InChI=1S/C17H22O5/c1-17(2)21-14(9-10-16(18)19-3)15(22-17)12-20-11-13-7-5-4-6-8-13/h4-10,14-15H,11-12H2,1-3H3/b10-9-/t14-,15+/m1/s1. The van der Waals surface area contributed by atoms with E-state index in [1.807, 2.05) is 44.2 Å². The molecule has 0 radical (unpaired) electrons. The number of benzene rings is 1. The minimum atomic E-state index is -0.702.